The van der Waals surface area contributed by atoms with Crippen LogP contribution < -0.4 is 14.8 Å². The number of carbonyl (C=O) groups excluding carboxylic acids is 1. The summed E-state index contributed by atoms with van der Waals surface area (Å²) in [6, 6.07) is 18.8. The molecule has 0 aliphatic rings. The van der Waals surface area contributed by atoms with E-state index in [2.05, 4.69) is 10.0 Å². The molecule has 0 heterocycles. The van der Waals surface area contributed by atoms with E-state index >= 15 is 0 Å². The highest BCUT2D eigenvalue weighted by Gasteiger charge is 2.28. The van der Waals surface area contributed by atoms with Crippen LogP contribution in [0.15, 0.2) is 77.7 Å². The van der Waals surface area contributed by atoms with Crippen LogP contribution in [0.5, 0.6) is 5.75 Å². The molecular weight excluding hydrogens is 459 g/mol. The van der Waals surface area contributed by atoms with E-state index in [1.54, 1.807) is 24.3 Å². The maximum atomic E-state index is 13.1. The van der Waals surface area contributed by atoms with E-state index < -0.39 is 22.0 Å². The molecule has 0 saturated carbocycles. The van der Waals surface area contributed by atoms with Crippen molar-refractivity contribution in [2.24, 2.45) is 0 Å². The molecule has 6 nitrogen and oxygen atoms in total. The molecule has 1 atom stereocenters. The summed E-state index contributed by atoms with van der Waals surface area (Å²) in [6.45, 7) is 0. The van der Waals surface area contributed by atoms with Gasteiger partial charge in [-0.05, 0) is 48.4 Å². The molecule has 0 bridgehead atoms. The number of nitrogens with one attached hydrogen (secondary N) is 2. The Balaban J connectivity index is 1.92. The van der Waals surface area contributed by atoms with Crippen molar-refractivity contribution in [3.05, 3.63) is 88.4 Å². The molecule has 0 radical (unpaired) electrons. The minimum atomic E-state index is -4.14. The first-order valence-electron chi connectivity index (χ1n) is 9.25. The number of amides is 1. The smallest absolute Gasteiger partial charge is 0.245 e. The van der Waals surface area contributed by atoms with Crippen LogP contribution >= 0.6 is 23.2 Å². The maximum Gasteiger partial charge on any atom is 0.245 e. The third kappa shape index (κ3) is 6.21. The lowest BCUT2D eigenvalue weighted by Crippen LogP contribution is -2.45. The number of methoxy groups -OCH3 is 1. The van der Waals surface area contributed by atoms with Gasteiger partial charge in [0.1, 0.15) is 16.7 Å². The van der Waals surface area contributed by atoms with Gasteiger partial charge in [-0.15, -0.1) is 0 Å². The van der Waals surface area contributed by atoms with Crippen LogP contribution in [0.3, 0.4) is 0 Å². The fraction of sp³-hybridized carbons (Fsp3) is 0.136. The van der Waals surface area contributed by atoms with E-state index in [1.165, 1.54) is 25.3 Å². The fourth-order valence-corrected chi connectivity index (χ4v) is 4.76. The van der Waals surface area contributed by atoms with Gasteiger partial charge in [0.15, 0.2) is 0 Å². The lowest BCUT2D eigenvalue weighted by Gasteiger charge is -2.20. The number of rotatable bonds is 8. The first-order chi connectivity index (χ1) is 14.8. The predicted molar refractivity (Wildman–Crippen MR) is 122 cm³/mol. The van der Waals surface area contributed by atoms with Crippen molar-refractivity contribution in [1.82, 2.24) is 4.72 Å². The van der Waals surface area contributed by atoms with Gasteiger partial charge in [0.05, 0.1) is 7.11 Å². The van der Waals surface area contributed by atoms with Crippen LogP contribution in [0.25, 0.3) is 0 Å². The van der Waals surface area contributed by atoms with Crippen molar-refractivity contribution < 1.29 is 17.9 Å². The first-order valence-corrected chi connectivity index (χ1v) is 11.5. The van der Waals surface area contributed by atoms with Crippen LogP contribution in [0, 0.1) is 0 Å². The summed E-state index contributed by atoms with van der Waals surface area (Å²) in [7, 11) is -2.78. The Morgan fingerprint density at radius 3 is 2.35 bits per heavy atom. The molecule has 3 aromatic rings. The highest BCUT2D eigenvalue weighted by Crippen LogP contribution is 2.27. The van der Waals surface area contributed by atoms with E-state index in [-0.39, 0.29) is 22.1 Å². The standard InChI is InChI=1S/C22H20Cl2N2O4S/c1-30-20-11-10-17(24)14-21(20)31(28,29)26-19(12-15-6-3-2-4-7-15)22(27)25-18-9-5-8-16(23)13-18/h2-11,13-14,19,26H,12H2,1H3,(H,25,27). The molecule has 0 aliphatic heterocycles. The molecule has 0 spiro atoms. The molecule has 2 N–H and O–H groups in total. The number of halogens is 2. The van der Waals surface area contributed by atoms with Gasteiger partial charge in [0.2, 0.25) is 15.9 Å². The van der Waals surface area contributed by atoms with Gasteiger partial charge in [-0.25, -0.2) is 8.42 Å². The normalized spacial score (nSPS) is 12.2. The lowest BCUT2D eigenvalue weighted by molar-refractivity contribution is -0.117. The second-order valence-corrected chi connectivity index (χ2v) is 9.21. The van der Waals surface area contributed by atoms with Crippen LogP contribution in [-0.2, 0) is 21.2 Å². The van der Waals surface area contributed by atoms with Crippen molar-refractivity contribution in [2.45, 2.75) is 17.4 Å². The van der Waals surface area contributed by atoms with Crippen LogP contribution in [0.4, 0.5) is 5.69 Å². The highest BCUT2D eigenvalue weighted by atomic mass is 35.5. The third-order valence-corrected chi connectivity index (χ3v) is 6.37. The largest absolute Gasteiger partial charge is 0.495 e. The van der Waals surface area contributed by atoms with Crippen molar-refractivity contribution in [3.8, 4) is 5.75 Å². The molecule has 31 heavy (non-hydrogen) atoms. The number of carbonyl (C=O) groups is 1. The molecule has 3 aromatic carbocycles. The Hall–Kier alpha value is -2.58. The lowest BCUT2D eigenvalue weighted by atomic mass is 10.1. The average Bonchev–Trinajstić information content (AvgIpc) is 2.74. The van der Waals surface area contributed by atoms with Gasteiger partial charge >= 0.3 is 0 Å². The monoisotopic (exact) mass is 478 g/mol. The van der Waals surface area contributed by atoms with Gasteiger partial charge in [-0.1, -0.05) is 59.6 Å². The summed E-state index contributed by atoms with van der Waals surface area (Å²) in [5.74, 6) is -0.415. The number of hydrogen-bond acceptors (Lipinski definition) is 4. The highest BCUT2D eigenvalue weighted by molar-refractivity contribution is 7.89. The maximum absolute atomic E-state index is 13.1. The van der Waals surface area contributed by atoms with Crippen molar-refractivity contribution >= 4 is 44.8 Å². The van der Waals surface area contributed by atoms with E-state index in [4.69, 9.17) is 27.9 Å². The first kappa shape index (κ1) is 23.1. The number of hydrogen-bond donors (Lipinski definition) is 2. The van der Waals surface area contributed by atoms with E-state index in [0.717, 1.165) is 5.56 Å². The zero-order valence-corrected chi connectivity index (χ0v) is 18.8. The average molecular weight is 479 g/mol. The Bertz CT molecular complexity index is 1170. The zero-order valence-electron chi connectivity index (χ0n) is 16.5. The molecule has 0 aliphatic carbocycles. The fourth-order valence-electron chi connectivity index (χ4n) is 2.94. The summed E-state index contributed by atoms with van der Waals surface area (Å²) in [4.78, 5) is 12.9. The SMILES string of the molecule is COc1ccc(Cl)cc1S(=O)(=O)NC(Cc1ccccc1)C(=O)Nc1cccc(Cl)c1. The van der Waals surface area contributed by atoms with Crippen molar-refractivity contribution in [3.63, 3.8) is 0 Å². The van der Waals surface area contributed by atoms with E-state index in [9.17, 15) is 13.2 Å². The van der Waals surface area contributed by atoms with E-state index in [0.29, 0.717) is 10.7 Å². The van der Waals surface area contributed by atoms with Gasteiger partial charge in [-0.3, -0.25) is 4.79 Å². The molecule has 1 amide bonds. The van der Waals surface area contributed by atoms with Crippen LogP contribution in [-0.4, -0.2) is 27.5 Å². The minimum absolute atomic E-state index is 0.116. The second kappa shape index (κ2) is 10.2. The molecule has 9 heteroatoms. The van der Waals surface area contributed by atoms with E-state index in [1.807, 2.05) is 30.3 Å². The molecular formula is C22H20Cl2N2O4S. The summed E-state index contributed by atoms with van der Waals surface area (Å²) < 4.78 is 33.9. The molecule has 3 rings (SSSR count). The Labute approximate surface area is 191 Å². The summed E-state index contributed by atoms with van der Waals surface area (Å²) >= 11 is 12.0. The second-order valence-electron chi connectivity index (χ2n) is 6.66. The number of benzene rings is 3. The number of ether oxygens (including phenoxy) is 1. The van der Waals surface area contributed by atoms with Crippen molar-refractivity contribution in [2.75, 3.05) is 12.4 Å². The summed E-state index contributed by atoms with van der Waals surface area (Å²) in [5, 5.41) is 3.38. The van der Waals surface area contributed by atoms with Gasteiger partial charge in [-0.2, -0.15) is 4.72 Å². The molecule has 0 fully saturated rings. The minimum Gasteiger partial charge on any atom is -0.495 e. The predicted octanol–water partition coefficient (Wildman–Crippen LogP) is 4.53. The van der Waals surface area contributed by atoms with Crippen LogP contribution in [0.2, 0.25) is 10.0 Å². The molecule has 0 saturated heterocycles. The topological polar surface area (TPSA) is 84.5 Å². The van der Waals surface area contributed by atoms with Gasteiger partial charge in [0.25, 0.3) is 0 Å². The zero-order chi connectivity index (χ0) is 22.4. The van der Waals surface area contributed by atoms with Gasteiger partial charge in [0, 0.05) is 15.7 Å². The Kier molecular flexibility index (Phi) is 7.56. The van der Waals surface area contributed by atoms with Crippen molar-refractivity contribution in [1.29, 1.82) is 0 Å². The summed E-state index contributed by atoms with van der Waals surface area (Å²) in [6.07, 6.45) is 0.134. The Morgan fingerprint density at radius 2 is 1.68 bits per heavy atom. The summed E-state index contributed by atoms with van der Waals surface area (Å²) in [5.41, 5.74) is 1.24. The molecule has 162 valence electrons. The number of anilines is 1. The Morgan fingerprint density at radius 1 is 0.968 bits per heavy atom. The van der Waals surface area contributed by atoms with Crippen LogP contribution in [0.1, 0.15) is 5.56 Å². The molecule has 1 unspecified atom stereocenters. The third-order valence-electron chi connectivity index (χ3n) is 4.40. The quantitative estimate of drug-likeness (QED) is 0.497. The molecule has 0 aromatic heterocycles. The van der Waals surface area contributed by atoms with Gasteiger partial charge < -0.3 is 10.1 Å². The number of sulfonamides is 1.